The number of hydrogen-bond donors (Lipinski definition) is 0. The van der Waals surface area contributed by atoms with E-state index in [4.69, 9.17) is 14.7 Å². The summed E-state index contributed by atoms with van der Waals surface area (Å²) in [7, 11) is 1.56. The summed E-state index contributed by atoms with van der Waals surface area (Å²) in [6.45, 7) is 2.47. The standard InChI is InChI=1S/C17H16BrNO2/c1-12-4-3-5-14(9-18)17(12)21-11-13-6-7-15(10-19)16(8-13)20-2/h3-8H,9,11H2,1-2H3. The number of methoxy groups -OCH3 is 1. The molecular weight excluding hydrogens is 330 g/mol. The second-order valence-corrected chi connectivity index (χ2v) is 5.19. The zero-order chi connectivity index (χ0) is 15.2. The minimum Gasteiger partial charge on any atom is -0.495 e. The lowest BCUT2D eigenvalue weighted by atomic mass is 10.1. The molecule has 0 saturated carbocycles. The molecule has 2 rings (SSSR count). The molecule has 2 aromatic rings. The minimum atomic E-state index is 0.437. The zero-order valence-electron chi connectivity index (χ0n) is 12.0. The molecule has 2 aromatic carbocycles. The summed E-state index contributed by atoms with van der Waals surface area (Å²) >= 11 is 3.47. The Kier molecular flexibility index (Phi) is 5.24. The van der Waals surface area contributed by atoms with Crippen LogP contribution in [0.3, 0.4) is 0 Å². The van der Waals surface area contributed by atoms with Crippen LogP contribution in [0.1, 0.15) is 22.3 Å². The van der Waals surface area contributed by atoms with E-state index in [0.29, 0.717) is 17.9 Å². The van der Waals surface area contributed by atoms with Crippen LogP contribution in [0.5, 0.6) is 11.5 Å². The number of halogens is 1. The van der Waals surface area contributed by atoms with Gasteiger partial charge in [0.05, 0.1) is 12.7 Å². The smallest absolute Gasteiger partial charge is 0.137 e. The van der Waals surface area contributed by atoms with Crippen molar-refractivity contribution in [3.05, 3.63) is 58.7 Å². The first-order valence-electron chi connectivity index (χ1n) is 6.54. The summed E-state index contributed by atoms with van der Waals surface area (Å²) in [4.78, 5) is 0. The van der Waals surface area contributed by atoms with E-state index in [0.717, 1.165) is 27.8 Å². The Morgan fingerprint density at radius 1 is 1.24 bits per heavy atom. The lowest BCUT2D eigenvalue weighted by molar-refractivity contribution is 0.301. The van der Waals surface area contributed by atoms with Crippen LogP contribution in [-0.4, -0.2) is 7.11 Å². The van der Waals surface area contributed by atoms with E-state index in [1.54, 1.807) is 13.2 Å². The average Bonchev–Trinajstić information content (AvgIpc) is 2.53. The minimum absolute atomic E-state index is 0.437. The van der Waals surface area contributed by atoms with Gasteiger partial charge in [-0.3, -0.25) is 0 Å². The molecule has 0 atom stereocenters. The molecular formula is C17H16BrNO2. The van der Waals surface area contributed by atoms with Crippen LogP contribution in [0.25, 0.3) is 0 Å². The third-order valence-electron chi connectivity index (χ3n) is 3.21. The number of aryl methyl sites for hydroxylation is 1. The zero-order valence-corrected chi connectivity index (χ0v) is 13.6. The quantitative estimate of drug-likeness (QED) is 0.756. The van der Waals surface area contributed by atoms with Crippen LogP contribution in [0.4, 0.5) is 0 Å². The molecule has 0 fully saturated rings. The van der Waals surface area contributed by atoms with Crippen molar-refractivity contribution < 1.29 is 9.47 Å². The van der Waals surface area contributed by atoms with Crippen LogP contribution < -0.4 is 9.47 Å². The second kappa shape index (κ2) is 7.14. The summed E-state index contributed by atoms with van der Waals surface area (Å²) in [5.41, 5.74) is 3.72. The highest BCUT2D eigenvalue weighted by molar-refractivity contribution is 9.08. The van der Waals surface area contributed by atoms with Gasteiger partial charge in [0, 0.05) is 10.9 Å². The van der Waals surface area contributed by atoms with E-state index in [1.165, 1.54) is 0 Å². The topological polar surface area (TPSA) is 42.2 Å². The van der Waals surface area contributed by atoms with Crippen LogP contribution in [0, 0.1) is 18.3 Å². The first-order valence-corrected chi connectivity index (χ1v) is 7.66. The Morgan fingerprint density at radius 2 is 2.05 bits per heavy atom. The SMILES string of the molecule is COc1cc(COc2c(C)cccc2CBr)ccc1C#N. The van der Waals surface area contributed by atoms with Gasteiger partial charge >= 0.3 is 0 Å². The first-order chi connectivity index (χ1) is 10.2. The van der Waals surface area contributed by atoms with Crippen LogP contribution in [-0.2, 0) is 11.9 Å². The van der Waals surface area contributed by atoms with E-state index < -0.39 is 0 Å². The highest BCUT2D eigenvalue weighted by Crippen LogP contribution is 2.27. The maximum Gasteiger partial charge on any atom is 0.137 e. The molecule has 0 bridgehead atoms. The molecule has 0 unspecified atom stereocenters. The fourth-order valence-electron chi connectivity index (χ4n) is 2.10. The van der Waals surface area contributed by atoms with Gasteiger partial charge in [0.2, 0.25) is 0 Å². The maximum absolute atomic E-state index is 8.99. The highest BCUT2D eigenvalue weighted by Gasteiger charge is 2.08. The van der Waals surface area contributed by atoms with Crippen molar-refractivity contribution in [1.82, 2.24) is 0 Å². The van der Waals surface area contributed by atoms with Crippen LogP contribution in [0.2, 0.25) is 0 Å². The van der Waals surface area contributed by atoms with Gasteiger partial charge < -0.3 is 9.47 Å². The number of alkyl halides is 1. The Hall–Kier alpha value is -1.99. The lowest BCUT2D eigenvalue weighted by Crippen LogP contribution is -2.00. The third-order valence-corrected chi connectivity index (χ3v) is 3.81. The summed E-state index contributed by atoms with van der Waals surface area (Å²) in [5.74, 6) is 1.47. The number of ether oxygens (including phenoxy) is 2. The number of para-hydroxylation sites is 1. The van der Waals surface area contributed by atoms with Gasteiger partial charge in [-0.1, -0.05) is 40.2 Å². The number of hydrogen-bond acceptors (Lipinski definition) is 3. The molecule has 0 spiro atoms. The molecule has 0 amide bonds. The van der Waals surface area contributed by atoms with Crippen molar-refractivity contribution in [2.45, 2.75) is 18.9 Å². The number of benzene rings is 2. The van der Waals surface area contributed by atoms with Crippen molar-refractivity contribution in [3.63, 3.8) is 0 Å². The largest absolute Gasteiger partial charge is 0.495 e. The van der Waals surface area contributed by atoms with Crippen molar-refractivity contribution in [2.75, 3.05) is 7.11 Å². The Morgan fingerprint density at radius 3 is 2.71 bits per heavy atom. The molecule has 0 heterocycles. The fraction of sp³-hybridized carbons (Fsp3) is 0.235. The molecule has 0 aromatic heterocycles. The normalized spacial score (nSPS) is 10.0. The average molecular weight is 346 g/mol. The molecule has 0 aliphatic rings. The van der Waals surface area contributed by atoms with Crippen LogP contribution >= 0.6 is 15.9 Å². The van der Waals surface area contributed by atoms with E-state index in [9.17, 15) is 0 Å². The predicted octanol–water partition coefficient (Wildman–Crippen LogP) is 4.35. The number of nitriles is 1. The van der Waals surface area contributed by atoms with E-state index in [1.807, 2.05) is 37.3 Å². The predicted molar refractivity (Wildman–Crippen MR) is 85.9 cm³/mol. The molecule has 0 radical (unpaired) electrons. The van der Waals surface area contributed by atoms with Crippen LogP contribution in [0.15, 0.2) is 36.4 Å². The molecule has 0 aliphatic carbocycles. The molecule has 0 aliphatic heterocycles. The van der Waals surface area contributed by atoms with E-state index in [-0.39, 0.29) is 0 Å². The third kappa shape index (κ3) is 3.56. The monoisotopic (exact) mass is 345 g/mol. The molecule has 0 saturated heterocycles. The highest BCUT2D eigenvalue weighted by atomic mass is 79.9. The van der Waals surface area contributed by atoms with Gasteiger partial charge in [0.25, 0.3) is 0 Å². The molecule has 3 nitrogen and oxygen atoms in total. The molecule has 108 valence electrons. The second-order valence-electron chi connectivity index (χ2n) is 4.63. The number of rotatable bonds is 5. The summed E-state index contributed by atoms with van der Waals surface area (Å²) in [5, 5.41) is 9.74. The van der Waals surface area contributed by atoms with Gasteiger partial charge in [0.15, 0.2) is 0 Å². The van der Waals surface area contributed by atoms with E-state index in [2.05, 4.69) is 22.0 Å². The maximum atomic E-state index is 8.99. The molecule has 0 N–H and O–H groups in total. The van der Waals surface area contributed by atoms with Crippen molar-refractivity contribution in [1.29, 1.82) is 5.26 Å². The van der Waals surface area contributed by atoms with Crippen molar-refractivity contribution in [3.8, 4) is 17.6 Å². The van der Waals surface area contributed by atoms with Gasteiger partial charge in [-0.2, -0.15) is 5.26 Å². The Bertz CT molecular complexity index is 677. The van der Waals surface area contributed by atoms with E-state index >= 15 is 0 Å². The van der Waals surface area contributed by atoms with Gasteiger partial charge in [-0.25, -0.2) is 0 Å². The first kappa shape index (κ1) is 15.4. The van der Waals surface area contributed by atoms with Gasteiger partial charge in [0.1, 0.15) is 24.2 Å². The van der Waals surface area contributed by atoms with Gasteiger partial charge in [-0.05, 0) is 30.2 Å². The molecule has 4 heteroatoms. The summed E-state index contributed by atoms with van der Waals surface area (Å²) < 4.78 is 11.2. The molecule has 21 heavy (non-hydrogen) atoms. The fourth-order valence-corrected chi connectivity index (χ4v) is 2.54. The van der Waals surface area contributed by atoms with Crippen molar-refractivity contribution >= 4 is 15.9 Å². The van der Waals surface area contributed by atoms with Gasteiger partial charge in [-0.15, -0.1) is 0 Å². The van der Waals surface area contributed by atoms with Crippen molar-refractivity contribution in [2.24, 2.45) is 0 Å². The summed E-state index contributed by atoms with van der Waals surface area (Å²) in [6.07, 6.45) is 0. The lowest BCUT2D eigenvalue weighted by Gasteiger charge is -2.13. The number of nitrogens with zero attached hydrogens (tertiary/aromatic N) is 1. The Labute approximate surface area is 133 Å². The summed E-state index contributed by atoms with van der Waals surface area (Å²) in [6, 6.07) is 13.7. The Balaban J connectivity index is 2.19.